The van der Waals surface area contributed by atoms with Crippen LogP contribution in [0.3, 0.4) is 0 Å². The van der Waals surface area contributed by atoms with E-state index in [1.165, 1.54) is 6.92 Å². The molecule has 13 heavy (non-hydrogen) atoms. The maximum absolute atomic E-state index is 11.0. The fourth-order valence-corrected chi connectivity index (χ4v) is 1.06. The Morgan fingerprint density at radius 1 is 1.62 bits per heavy atom. The van der Waals surface area contributed by atoms with Crippen LogP contribution in [0.4, 0.5) is 0 Å². The lowest BCUT2D eigenvalue weighted by Gasteiger charge is -2.17. The molecule has 0 aliphatic carbocycles. The second kappa shape index (κ2) is 6.11. The highest BCUT2D eigenvalue weighted by atomic mass is 127. The summed E-state index contributed by atoms with van der Waals surface area (Å²) in [5, 5.41) is 11.3. The van der Waals surface area contributed by atoms with Crippen LogP contribution in [0.1, 0.15) is 6.92 Å². The van der Waals surface area contributed by atoms with Gasteiger partial charge in [-0.3, -0.25) is 13.1 Å². The van der Waals surface area contributed by atoms with E-state index in [1.54, 1.807) is 22.9 Å². The Morgan fingerprint density at radius 2 is 2.15 bits per heavy atom. The first-order valence-electron chi connectivity index (χ1n) is 3.59. The van der Waals surface area contributed by atoms with Gasteiger partial charge in [0.1, 0.15) is 6.04 Å². The van der Waals surface area contributed by atoms with E-state index in [1.807, 2.05) is 0 Å². The summed E-state index contributed by atoms with van der Waals surface area (Å²) >= 11 is 1.79. The average Bonchev–Trinajstić information content (AvgIpc) is 1.99. The van der Waals surface area contributed by atoms with Gasteiger partial charge >= 0.3 is 0 Å². The Balaban J connectivity index is 4.10. The second-order valence-electron chi connectivity index (χ2n) is 2.50. The van der Waals surface area contributed by atoms with Crippen molar-refractivity contribution in [1.82, 2.24) is 8.85 Å². The van der Waals surface area contributed by atoms with Crippen molar-refractivity contribution in [1.29, 1.82) is 0 Å². The number of hydrogen-bond acceptors (Lipinski definition) is 4. The number of nitrogens with two attached hydrogens (primary N) is 1. The van der Waals surface area contributed by atoms with Crippen LogP contribution in [0.25, 0.3) is 0 Å². The first-order valence-corrected chi connectivity index (χ1v) is 4.67. The average molecular weight is 301 g/mol. The molecule has 0 heterocycles. The molecule has 0 fully saturated rings. The van der Waals surface area contributed by atoms with Crippen LogP contribution in [0.2, 0.25) is 0 Å². The molecule has 0 aromatic rings. The van der Waals surface area contributed by atoms with Crippen LogP contribution in [0, 0.1) is 0 Å². The van der Waals surface area contributed by atoms with Crippen LogP contribution in [-0.2, 0) is 9.59 Å². The van der Waals surface area contributed by atoms with E-state index in [0.717, 1.165) is 0 Å². The molecule has 76 valence electrons. The highest BCUT2D eigenvalue weighted by Gasteiger charge is 2.22. The second-order valence-corrected chi connectivity index (χ2v) is 3.26. The molecule has 0 aliphatic heterocycles. The van der Waals surface area contributed by atoms with Crippen molar-refractivity contribution in [3.8, 4) is 0 Å². The third-order valence-corrected chi connectivity index (χ3v) is 1.71. The molecule has 0 aromatic heterocycles. The van der Waals surface area contributed by atoms with E-state index in [0.29, 0.717) is 0 Å². The van der Waals surface area contributed by atoms with E-state index in [9.17, 15) is 9.59 Å². The van der Waals surface area contributed by atoms with Gasteiger partial charge in [-0.25, -0.2) is 0 Å². The third kappa shape index (κ3) is 5.01. The zero-order valence-electron chi connectivity index (χ0n) is 7.08. The Hall–Kier alpha value is -0.410. The third-order valence-electron chi connectivity index (χ3n) is 1.33. The number of hydrogen-bond donors (Lipinski definition) is 4. The number of primary amides is 1. The fourth-order valence-electron chi connectivity index (χ4n) is 0.715. The molecule has 6 nitrogen and oxygen atoms in total. The maximum atomic E-state index is 11.0. The summed E-state index contributed by atoms with van der Waals surface area (Å²) in [5.41, 5.74) is 4.95. The Kier molecular flexibility index (Phi) is 5.91. The van der Waals surface area contributed by atoms with Gasteiger partial charge in [0.2, 0.25) is 11.8 Å². The summed E-state index contributed by atoms with van der Waals surface area (Å²) in [6, 6.07) is -1.03. The zero-order valence-corrected chi connectivity index (χ0v) is 9.24. The quantitative estimate of drug-likeness (QED) is 0.358. The van der Waals surface area contributed by atoms with Gasteiger partial charge in [-0.1, -0.05) is 0 Å². The number of aliphatic hydroxyl groups is 1. The summed E-state index contributed by atoms with van der Waals surface area (Å²) < 4.78 is 2.57. The number of amides is 2. The monoisotopic (exact) mass is 301 g/mol. The normalized spacial score (nSPS) is 14.7. The van der Waals surface area contributed by atoms with Crippen molar-refractivity contribution in [3.63, 3.8) is 0 Å². The highest BCUT2D eigenvalue weighted by molar-refractivity contribution is 14.1. The van der Waals surface area contributed by atoms with Gasteiger partial charge in [0.25, 0.3) is 0 Å². The molecule has 0 saturated heterocycles. The number of aliphatic hydroxyl groups excluding tert-OH is 1. The van der Waals surface area contributed by atoms with Crippen molar-refractivity contribution < 1.29 is 14.7 Å². The minimum absolute atomic E-state index is 0.0665. The summed E-state index contributed by atoms with van der Waals surface area (Å²) in [5.74, 6) is -1.14. The molecule has 0 aliphatic rings. The summed E-state index contributed by atoms with van der Waals surface area (Å²) in [4.78, 5) is 21.7. The van der Waals surface area contributed by atoms with Gasteiger partial charge in [-0.05, 0) is 6.92 Å². The highest BCUT2D eigenvalue weighted by Crippen LogP contribution is 1.91. The molecule has 0 rings (SSSR count). The summed E-state index contributed by atoms with van der Waals surface area (Å²) in [6.07, 6.45) is -0.990. The van der Waals surface area contributed by atoms with E-state index in [4.69, 9.17) is 10.8 Å². The lowest BCUT2D eigenvalue weighted by Crippen LogP contribution is -2.52. The standard InChI is InChI=1S/C6H12IN3O3/c1-3(11)5(6(8)13)10-4(12)2-9-7/h3,5,9,11H,2H2,1H3,(H2,8,13)(H,10,12)/t3-,5+/m1/s1. The van der Waals surface area contributed by atoms with Gasteiger partial charge < -0.3 is 16.2 Å². The topological polar surface area (TPSA) is 104 Å². The number of nitrogens with one attached hydrogen (secondary N) is 2. The molecule has 2 amide bonds. The lowest BCUT2D eigenvalue weighted by molar-refractivity contribution is -0.129. The molecule has 0 spiro atoms. The van der Waals surface area contributed by atoms with Crippen LogP contribution in [0.15, 0.2) is 0 Å². The molecule has 0 bridgehead atoms. The summed E-state index contributed by atoms with van der Waals surface area (Å²) in [7, 11) is 0. The predicted molar refractivity (Wildman–Crippen MR) is 54.8 cm³/mol. The fraction of sp³-hybridized carbons (Fsp3) is 0.667. The van der Waals surface area contributed by atoms with Crippen LogP contribution >= 0.6 is 22.9 Å². The van der Waals surface area contributed by atoms with Crippen LogP contribution < -0.4 is 14.6 Å². The first-order chi connectivity index (χ1) is 5.99. The van der Waals surface area contributed by atoms with E-state index >= 15 is 0 Å². The minimum atomic E-state index is -1.03. The van der Waals surface area contributed by atoms with Crippen molar-refractivity contribution in [2.24, 2.45) is 5.73 Å². The van der Waals surface area contributed by atoms with Gasteiger partial charge in [0.05, 0.1) is 12.6 Å². The van der Waals surface area contributed by atoms with Crippen molar-refractivity contribution in [3.05, 3.63) is 0 Å². The van der Waals surface area contributed by atoms with E-state index in [2.05, 4.69) is 8.85 Å². The Morgan fingerprint density at radius 3 is 2.46 bits per heavy atom. The van der Waals surface area contributed by atoms with Gasteiger partial charge in [-0.15, -0.1) is 0 Å². The molecule has 0 radical (unpaired) electrons. The molecule has 7 heteroatoms. The smallest absolute Gasteiger partial charge is 0.242 e. The zero-order chi connectivity index (χ0) is 10.4. The number of carbonyl (C=O) groups is 2. The number of carbonyl (C=O) groups excluding carboxylic acids is 2. The first kappa shape index (κ1) is 12.6. The van der Waals surface area contributed by atoms with Crippen LogP contribution in [-0.4, -0.2) is 35.6 Å². The molecule has 2 atom stereocenters. The van der Waals surface area contributed by atoms with Crippen molar-refractivity contribution in [2.75, 3.05) is 6.54 Å². The molecule has 5 N–H and O–H groups in total. The summed E-state index contributed by atoms with van der Waals surface area (Å²) in [6.45, 7) is 1.45. The lowest BCUT2D eigenvalue weighted by atomic mass is 10.2. The Labute approximate surface area is 89.7 Å². The van der Waals surface area contributed by atoms with Gasteiger partial charge in [0, 0.05) is 22.9 Å². The van der Waals surface area contributed by atoms with E-state index < -0.39 is 18.1 Å². The Bertz CT molecular complexity index is 198. The molecule has 0 saturated carbocycles. The molecular weight excluding hydrogens is 289 g/mol. The molecular formula is C6H12IN3O3. The SMILES string of the molecule is C[C@@H](O)[C@H](NC(=O)CNI)C(N)=O. The maximum Gasteiger partial charge on any atom is 0.242 e. The molecule has 0 unspecified atom stereocenters. The largest absolute Gasteiger partial charge is 0.391 e. The van der Waals surface area contributed by atoms with Crippen molar-refractivity contribution >= 4 is 34.7 Å². The van der Waals surface area contributed by atoms with E-state index in [-0.39, 0.29) is 12.5 Å². The van der Waals surface area contributed by atoms with Crippen molar-refractivity contribution in [2.45, 2.75) is 19.1 Å². The predicted octanol–water partition coefficient (Wildman–Crippen LogP) is -1.72. The molecule has 0 aromatic carbocycles. The van der Waals surface area contributed by atoms with Crippen LogP contribution in [0.5, 0.6) is 0 Å². The van der Waals surface area contributed by atoms with Gasteiger partial charge in [-0.2, -0.15) is 0 Å². The number of rotatable bonds is 5. The van der Waals surface area contributed by atoms with Gasteiger partial charge in [0.15, 0.2) is 0 Å². The number of halogens is 1. The minimum Gasteiger partial charge on any atom is -0.391 e.